The van der Waals surface area contributed by atoms with Crippen molar-refractivity contribution in [1.29, 1.82) is 0 Å². The number of hydrogen-bond donors (Lipinski definition) is 1. The number of benzene rings is 4. The molecular weight excluding hydrogens is 626 g/mol. The highest BCUT2D eigenvalue weighted by molar-refractivity contribution is 7.95. The molecule has 0 atom stereocenters. The molecule has 9 nitrogen and oxygen atoms in total. The van der Waals surface area contributed by atoms with Gasteiger partial charge in [0, 0.05) is 16.1 Å². The minimum absolute atomic E-state index is 0.0881. The van der Waals surface area contributed by atoms with E-state index < -0.39 is 53.1 Å². The molecule has 0 spiro atoms. The molecule has 0 aromatic heterocycles. The van der Waals surface area contributed by atoms with E-state index in [1.54, 1.807) is 32.0 Å². The van der Waals surface area contributed by atoms with Crippen LogP contribution in [0.3, 0.4) is 0 Å². The molecule has 44 heavy (non-hydrogen) atoms. The number of hydrogen-bond acceptors (Lipinski definition) is 8. The van der Waals surface area contributed by atoms with Crippen LogP contribution in [0.15, 0.2) is 112 Å². The van der Waals surface area contributed by atoms with E-state index >= 15 is 0 Å². The fourth-order valence-corrected chi connectivity index (χ4v) is 7.39. The minimum atomic E-state index is -4.62. The summed E-state index contributed by atoms with van der Waals surface area (Å²) in [6.07, 6.45) is -0.439. The van der Waals surface area contributed by atoms with Crippen LogP contribution in [0.1, 0.15) is 43.6 Å². The molecule has 0 saturated heterocycles. The first-order valence-electron chi connectivity index (χ1n) is 13.4. The van der Waals surface area contributed by atoms with Crippen molar-refractivity contribution < 1.29 is 35.9 Å². The number of halogens is 1. The molecule has 4 aromatic rings. The molecule has 1 N–H and O–H groups in total. The summed E-state index contributed by atoms with van der Waals surface area (Å²) in [5, 5.41) is 0.429. The molecule has 0 saturated carbocycles. The Bertz CT molecular complexity index is 1910. The number of sulfone groups is 1. The highest BCUT2D eigenvalue weighted by Gasteiger charge is 2.34. The number of carbonyl (C=O) groups is 2. The van der Waals surface area contributed by atoms with Crippen molar-refractivity contribution in [1.82, 2.24) is 0 Å². The molecule has 0 bridgehead atoms. The van der Waals surface area contributed by atoms with Crippen molar-refractivity contribution in [2.75, 3.05) is 4.72 Å². The molecular formula is C32H30ClNO8S2. The molecule has 4 rings (SSSR count). The van der Waals surface area contributed by atoms with Gasteiger partial charge in [0.15, 0.2) is 11.4 Å². The third kappa shape index (κ3) is 7.29. The van der Waals surface area contributed by atoms with Gasteiger partial charge >= 0.3 is 5.97 Å². The summed E-state index contributed by atoms with van der Waals surface area (Å²) < 4.78 is 68.3. The van der Waals surface area contributed by atoms with Crippen molar-refractivity contribution in [2.24, 2.45) is 0 Å². The van der Waals surface area contributed by atoms with Crippen LogP contribution in [0.5, 0.6) is 5.75 Å². The second-order valence-corrected chi connectivity index (χ2v) is 14.5. The van der Waals surface area contributed by atoms with Gasteiger partial charge in [0.05, 0.1) is 21.6 Å². The van der Waals surface area contributed by atoms with E-state index in [1.165, 1.54) is 86.6 Å². The smallest absolute Gasteiger partial charge is 0.350 e. The normalized spacial score (nSPS) is 12.0. The molecule has 0 heterocycles. The van der Waals surface area contributed by atoms with E-state index in [-0.39, 0.29) is 27.5 Å². The van der Waals surface area contributed by atoms with Crippen LogP contribution in [-0.4, -0.2) is 40.3 Å². The monoisotopic (exact) mass is 655 g/mol. The lowest BCUT2D eigenvalue weighted by Gasteiger charge is -2.27. The predicted molar refractivity (Wildman–Crippen MR) is 166 cm³/mol. The Balaban J connectivity index is 1.81. The van der Waals surface area contributed by atoms with Gasteiger partial charge in [-0.1, -0.05) is 41.9 Å². The number of anilines is 1. The minimum Gasteiger partial charge on any atom is -0.474 e. The Morgan fingerprint density at radius 2 is 1.34 bits per heavy atom. The molecule has 12 heteroatoms. The molecule has 0 unspecified atom stereocenters. The van der Waals surface area contributed by atoms with E-state index in [0.717, 1.165) is 6.07 Å². The zero-order chi connectivity index (χ0) is 32.3. The first kappa shape index (κ1) is 32.7. The summed E-state index contributed by atoms with van der Waals surface area (Å²) >= 11 is 5.96. The van der Waals surface area contributed by atoms with Gasteiger partial charge in [-0.15, -0.1) is 0 Å². The van der Waals surface area contributed by atoms with E-state index in [4.69, 9.17) is 21.1 Å². The number of ketones is 1. The fourth-order valence-electron chi connectivity index (χ4n) is 4.10. The summed E-state index contributed by atoms with van der Waals surface area (Å²) in [4.78, 5) is 25.0. The Labute approximate surface area is 261 Å². The average molecular weight is 656 g/mol. The first-order valence-corrected chi connectivity index (χ1v) is 16.7. The lowest BCUT2D eigenvalue weighted by atomic mass is 10.0. The van der Waals surface area contributed by atoms with Crippen LogP contribution in [0, 0.1) is 0 Å². The number of carbonyl (C=O) groups excluding carboxylic acids is 2. The van der Waals surface area contributed by atoms with Crippen molar-refractivity contribution in [3.8, 4) is 5.75 Å². The van der Waals surface area contributed by atoms with Gasteiger partial charge in [-0.25, -0.2) is 21.6 Å². The van der Waals surface area contributed by atoms with Crippen LogP contribution in [0.4, 0.5) is 5.69 Å². The number of rotatable bonds is 11. The van der Waals surface area contributed by atoms with Gasteiger partial charge in [-0.05, 0) is 94.4 Å². The molecule has 0 fully saturated rings. The molecule has 0 aliphatic carbocycles. The Morgan fingerprint density at radius 1 is 0.773 bits per heavy atom. The fraction of sp³-hybridized carbons (Fsp3) is 0.188. The summed E-state index contributed by atoms with van der Waals surface area (Å²) in [7, 11) is -8.86. The number of esters is 1. The van der Waals surface area contributed by atoms with Gasteiger partial charge in [-0.3, -0.25) is 9.52 Å². The zero-order valence-corrected chi connectivity index (χ0v) is 26.7. The zero-order valence-electron chi connectivity index (χ0n) is 24.3. The van der Waals surface area contributed by atoms with Gasteiger partial charge in [0.1, 0.15) is 10.6 Å². The van der Waals surface area contributed by atoms with Crippen molar-refractivity contribution in [2.45, 2.75) is 54.1 Å². The maximum atomic E-state index is 13.9. The quantitative estimate of drug-likeness (QED) is 0.147. The average Bonchev–Trinajstić information content (AvgIpc) is 2.98. The Morgan fingerprint density at radius 3 is 1.95 bits per heavy atom. The number of sulfonamides is 1. The highest BCUT2D eigenvalue weighted by Crippen LogP contribution is 2.34. The predicted octanol–water partition coefficient (Wildman–Crippen LogP) is 6.31. The molecule has 4 aromatic carbocycles. The standard InChI is InChI=1S/C32H30ClNO8S2/c1-21(2)41-31(36)32(3,4)42-27-19-16-23(30(35)22-14-17-24(33)18-15-22)20-26(27)34-44(39,40)29-13-9-8-12-28(29)43(37,38)25-10-6-5-7-11-25/h5-21,34H,1-4H3. The van der Waals surface area contributed by atoms with Gasteiger partial charge < -0.3 is 9.47 Å². The SMILES string of the molecule is CC(C)OC(=O)C(C)(C)Oc1ccc(C(=O)c2ccc(Cl)cc2)cc1NS(=O)(=O)c1ccccc1S(=O)(=O)c1ccccc1. The number of nitrogens with one attached hydrogen (secondary N) is 1. The Hall–Kier alpha value is -4.19. The topological polar surface area (TPSA) is 133 Å². The van der Waals surface area contributed by atoms with Crippen LogP contribution in [0.2, 0.25) is 5.02 Å². The highest BCUT2D eigenvalue weighted by atomic mass is 35.5. The van der Waals surface area contributed by atoms with E-state index in [0.29, 0.717) is 5.02 Å². The molecule has 0 radical (unpaired) electrons. The lowest BCUT2D eigenvalue weighted by Crippen LogP contribution is -2.41. The molecule has 0 amide bonds. The van der Waals surface area contributed by atoms with Crippen LogP contribution < -0.4 is 9.46 Å². The summed E-state index contributed by atoms with van der Waals surface area (Å²) in [6.45, 7) is 6.24. The summed E-state index contributed by atoms with van der Waals surface area (Å²) in [5.41, 5.74) is -1.40. The van der Waals surface area contributed by atoms with E-state index in [1.807, 2.05) is 0 Å². The second kappa shape index (κ2) is 12.8. The maximum absolute atomic E-state index is 13.9. The molecule has 0 aliphatic rings. The van der Waals surface area contributed by atoms with Crippen LogP contribution >= 0.6 is 11.6 Å². The van der Waals surface area contributed by atoms with Crippen molar-refractivity contribution >= 4 is 48.9 Å². The van der Waals surface area contributed by atoms with Gasteiger partial charge in [-0.2, -0.15) is 0 Å². The van der Waals surface area contributed by atoms with Crippen molar-refractivity contribution in [3.05, 3.63) is 113 Å². The van der Waals surface area contributed by atoms with Gasteiger partial charge in [0.2, 0.25) is 9.84 Å². The summed E-state index contributed by atoms with van der Waals surface area (Å²) in [6, 6.07) is 22.7. The summed E-state index contributed by atoms with van der Waals surface area (Å²) in [5.74, 6) is -1.25. The van der Waals surface area contributed by atoms with Crippen LogP contribution in [-0.2, 0) is 29.4 Å². The third-order valence-corrected chi connectivity index (χ3v) is 9.91. The Kier molecular flexibility index (Phi) is 9.53. The van der Waals surface area contributed by atoms with E-state index in [2.05, 4.69) is 4.72 Å². The van der Waals surface area contributed by atoms with Gasteiger partial charge in [0.25, 0.3) is 10.0 Å². The molecule has 0 aliphatic heterocycles. The second-order valence-electron chi connectivity index (χ2n) is 10.5. The third-order valence-electron chi connectivity index (χ3n) is 6.27. The largest absolute Gasteiger partial charge is 0.474 e. The van der Waals surface area contributed by atoms with Crippen LogP contribution in [0.25, 0.3) is 0 Å². The van der Waals surface area contributed by atoms with E-state index in [9.17, 15) is 26.4 Å². The van der Waals surface area contributed by atoms with Crippen molar-refractivity contribution in [3.63, 3.8) is 0 Å². The maximum Gasteiger partial charge on any atom is 0.350 e. The number of ether oxygens (including phenoxy) is 2. The first-order chi connectivity index (χ1) is 20.6. The molecule has 230 valence electrons. The lowest BCUT2D eigenvalue weighted by molar-refractivity contribution is -0.163.